The van der Waals surface area contributed by atoms with E-state index in [2.05, 4.69) is 4.98 Å². The Labute approximate surface area is 192 Å². The standard InChI is InChI=1S/C23H18F3N3O3S/c24-23(25,26)33-19-8-6-18(7-9-19)29-21(30)14-28(22(29)31)13-17-10-11-27-20(12-17)32-15-16-4-2-1-3-5-16/h1-12H,13-15H2. The number of hydrogen-bond acceptors (Lipinski definition) is 5. The largest absolute Gasteiger partial charge is 0.473 e. The number of amides is 3. The molecule has 4 rings (SSSR count). The fraction of sp³-hybridized carbons (Fsp3) is 0.174. The van der Waals surface area contributed by atoms with Crippen molar-refractivity contribution in [3.8, 4) is 5.88 Å². The molecule has 2 aromatic carbocycles. The second-order valence-electron chi connectivity index (χ2n) is 7.19. The normalized spacial score (nSPS) is 14.2. The van der Waals surface area contributed by atoms with Crippen molar-refractivity contribution in [1.82, 2.24) is 9.88 Å². The lowest BCUT2D eigenvalue weighted by molar-refractivity contribution is -0.116. The molecular weight excluding hydrogens is 455 g/mol. The van der Waals surface area contributed by atoms with E-state index in [4.69, 9.17) is 4.74 Å². The average molecular weight is 473 g/mol. The Morgan fingerprint density at radius 3 is 2.39 bits per heavy atom. The van der Waals surface area contributed by atoms with E-state index >= 15 is 0 Å². The second-order valence-corrected chi connectivity index (χ2v) is 8.32. The number of ether oxygens (including phenoxy) is 1. The molecule has 0 atom stereocenters. The van der Waals surface area contributed by atoms with E-state index in [1.807, 2.05) is 30.3 Å². The van der Waals surface area contributed by atoms with Gasteiger partial charge in [0.05, 0.1) is 5.69 Å². The number of imide groups is 1. The number of rotatable bonds is 7. The number of hydrogen-bond donors (Lipinski definition) is 0. The molecule has 6 nitrogen and oxygen atoms in total. The van der Waals surface area contributed by atoms with Crippen molar-refractivity contribution in [2.75, 3.05) is 11.4 Å². The van der Waals surface area contributed by atoms with E-state index in [1.165, 1.54) is 29.2 Å². The molecule has 0 spiro atoms. The third-order valence-corrected chi connectivity index (χ3v) is 5.51. The van der Waals surface area contributed by atoms with Crippen LogP contribution in [0.3, 0.4) is 0 Å². The van der Waals surface area contributed by atoms with Crippen molar-refractivity contribution in [2.45, 2.75) is 23.6 Å². The number of aromatic nitrogens is 1. The number of carbonyl (C=O) groups is 2. The highest BCUT2D eigenvalue weighted by Gasteiger charge is 2.37. The van der Waals surface area contributed by atoms with Gasteiger partial charge in [0, 0.05) is 23.7 Å². The Morgan fingerprint density at radius 1 is 0.970 bits per heavy atom. The number of benzene rings is 2. The first kappa shape index (κ1) is 22.7. The van der Waals surface area contributed by atoms with Gasteiger partial charge in [-0.05, 0) is 53.2 Å². The van der Waals surface area contributed by atoms with Crippen LogP contribution in [0.15, 0.2) is 77.8 Å². The number of carbonyl (C=O) groups excluding carboxylic acids is 2. The third kappa shape index (κ3) is 5.83. The summed E-state index contributed by atoms with van der Waals surface area (Å²) in [6, 6.07) is 17.6. The number of urea groups is 1. The van der Waals surface area contributed by atoms with Crippen LogP contribution in [0.4, 0.5) is 23.7 Å². The SMILES string of the molecule is O=C1CN(Cc2ccnc(OCc3ccccc3)c2)C(=O)N1c1ccc(SC(F)(F)F)cc1. The van der Waals surface area contributed by atoms with Crippen molar-refractivity contribution < 1.29 is 27.5 Å². The lowest BCUT2D eigenvalue weighted by Gasteiger charge is -2.18. The van der Waals surface area contributed by atoms with E-state index in [0.717, 1.165) is 16.0 Å². The van der Waals surface area contributed by atoms with Crippen molar-refractivity contribution in [2.24, 2.45) is 0 Å². The molecule has 2 heterocycles. The van der Waals surface area contributed by atoms with Crippen LogP contribution in [0, 0.1) is 0 Å². The Hall–Kier alpha value is -3.53. The molecule has 33 heavy (non-hydrogen) atoms. The molecule has 0 radical (unpaired) electrons. The van der Waals surface area contributed by atoms with Gasteiger partial charge in [-0.25, -0.2) is 14.7 Å². The highest BCUT2D eigenvalue weighted by molar-refractivity contribution is 8.00. The molecule has 1 aromatic heterocycles. The number of thioether (sulfide) groups is 1. The summed E-state index contributed by atoms with van der Waals surface area (Å²) < 4.78 is 43.2. The summed E-state index contributed by atoms with van der Waals surface area (Å²) in [6.07, 6.45) is 1.56. The van der Waals surface area contributed by atoms with Gasteiger partial charge < -0.3 is 9.64 Å². The summed E-state index contributed by atoms with van der Waals surface area (Å²) >= 11 is -0.257. The topological polar surface area (TPSA) is 62.7 Å². The Kier molecular flexibility index (Phi) is 6.55. The minimum absolute atomic E-state index is 0.0259. The molecule has 0 saturated carbocycles. The fourth-order valence-electron chi connectivity index (χ4n) is 3.30. The quantitative estimate of drug-likeness (QED) is 0.347. The summed E-state index contributed by atoms with van der Waals surface area (Å²) in [6.45, 7) is 0.364. The first-order valence-corrected chi connectivity index (χ1v) is 10.7. The summed E-state index contributed by atoms with van der Waals surface area (Å²) in [7, 11) is 0. The van der Waals surface area contributed by atoms with Gasteiger partial charge in [-0.2, -0.15) is 13.2 Å². The lowest BCUT2D eigenvalue weighted by Crippen LogP contribution is -2.32. The van der Waals surface area contributed by atoms with Crippen LogP contribution in [0.1, 0.15) is 11.1 Å². The van der Waals surface area contributed by atoms with Gasteiger partial charge >= 0.3 is 11.5 Å². The maximum Gasteiger partial charge on any atom is 0.446 e. The zero-order chi connectivity index (χ0) is 23.4. The highest BCUT2D eigenvalue weighted by atomic mass is 32.2. The predicted molar refractivity (Wildman–Crippen MR) is 117 cm³/mol. The fourth-order valence-corrected chi connectivity index (χ4v) is 3.84. The lowest BCUT2D eigenvalue weighted by atomic mass is 10.2. The Bertz CT molecular complexity index is 1140. The van der Waals surface area contributed by atoms with Gasteiger partial charge in [0.15, 0.2) is 0 Å². The van der Waals surface area contributed by atoms with Crippen molar-refractivity contribution in [3.63, 3.8) is 0 Å². The monoisotopic (exact) mass is 473 g/mol. The van der Waals surface area contributed by atoms with Gasteiger partial charge in [-0.15, -0.1) is 0 Å². The van der Waals surface area contributed by atoms with Crippen LogP contribution in [0.25, 0.3) is 0 Å². The van der Waals surface area contributed by atoms with Crippen molar-refractivity contribution in [1.29, 1.82) is 0 Å². The molecule has 1 aliphatic heterocycles. The molecule has 0 unspecified atom stereocenters. The summed E-state index contributed by atoms with van der Waals surface area (Å²) in [5.41, 5.74) is -2.47. The van der Waals surface area contributed by atoms with Gasteiger partial charge in [0.1, 0.15) is 13.2 Å². The second kappa shape index (κ2) is 9.53. The van der Waals surface area contributed by atoms with E-state index in [-0.39, 0.29) is 35.4 Å². The molecular formula is C23H18F3N3O3S. The minimum atomic E-state index is -4.41. The average Bonchev–Trinajstić information content (AvgIpc) is 3.06. The maximum atomic E-state index is 12.8. The third-order valence-electron chi connectivity index (χ3n) is 4.77. The highest BCUT2D eigenvalue weighted by Crippen LogP contribution is 2.37. The van der Waals surface area contributed by atoms with E-state index in [0.29, 0.717) is 12.5 Å². The first-order chi connectivity index (χ1) is 15.8. The zero-order valence-corrected chi connectivity index (χ0v) is 18.0. The van der Waals surface area contributed by atoms with Gasteiger partial charge in [0.2, 0.25) is 5.88 Å². The van der Waals surface area contributed by atoms with E-state index < -0.39 is 17.4 Å². The van der Waals surface area contributed by atoms with Gasteiger partial charge in [-0.3, -0.25) is 4.79 Å². The number of halogens is 3. The van der Waals surface area contributed by atoms with Gasteiger partial charge in [0.25, 0.3) is 5.91 Å². The van der Waals surface area contributed by atoms with E-state index in [1.54, 1.807) is 18.3 Å². The molecule has 0 aliphatic carbocycles. The smallest absolute Gasteiger partial charge is 0.446 e. The number of nitrogens with zero attached hydrogens (tertiary/aromatic N) is 3. The predicted octanol–water partition coefficient (Wildman–Crippen LogP) is 5.24. The van der Waals surface area contributed by atoms with Crippen LogP contribution in [0.2, 0.25) is 0 Å². The maximum absolute atomic E-state index is 12.8. The molecule has 3 amide bonds. The van der Waals surface area contributed by atoms with Crippen LogP contribution in [0.5, 0.6) is 5.88 Å². The molecule has 10 heteroatoms. The number of anilines is 1. The van der Waals surface area contributed by atoms with Crippen molar-refractivity contribution in [3.05, 3.63) is 84.1 Å². The first-order valence-electron chi connectivity index (χ1n) is 9.88. The van der Waals surface area contributed by atoms with Crippen LogP contribution in [-0.2, 0) is 17.9 Å². The van der Waals surface area contributed by atoms with E-state index in [9.17, 15) is 22.8 Å². The van der Waals surface area contributed by atoms with Crippen LogP contribution >= 0.6 is 11.8 Å². The number of alkyl halides is 3. The van der Waals surface area contributed by atoms with Crippen LogP contribution < -0.4 is 9.64 Å². The molecule has 0 bridgehead atoms. The molecule has 170 valence electrons. The molecule has 3 aromatic rings. The Balaban J connectivity index is 1.41. The van der Waals surface area contributed by atoms with Crippen molar-refractivity contribution >= 4 is 29.4 Å². The molecule has 0 N–H and O–H groups in total. The zero-order valence-electron chi connectivity index (χ0n) is 17.2. The summed E-state index contributed by atoms with van der Waals surface area (Å²) in [5.74, 6) is -0.0604. The summed E-state index contributed by atoms with van der Waals surface area (Å²) in [5, 5.41) is 0. The number of pyridine rings is 1. The molecule has 1 aliphatic rings. The van der Waals surface area contributed by atoms with Crippen LogP contribution in [-0.4, -0.2) is 33.9 Å². The minimum Gasteiger partial charge on any atom is -0.473 e. The molecule has 1 saturated heterocycles. The molecule has 1 fully saturated rings. The Morgan fingerprint density at radius 2 is 1.70 bits per heavy atom. The summed E-state index contributed by atoms with van der Waals surface area (Å²) in [4.78, 5) is 31.8. The van der Waals surface area contributed by atoms with Gasteiger partial charge in [-0.1, -0.05) is 30.3 Å².